The number of carbonyl (C=O) groups is 1. The van der Waals surface area contributed by atoms with Crippen LogP contribution in [0.2, 0.25) is 0 Å². The first-order chi connectivity index (χ1) is 17.1. The normalized spacial score (nSPS) is 14.2. The number of hydrogen-bond donors (Lipinski definition) is 2. The first-order valence-electron chi connectivity index (χ1n) is 12.0. The van der Waals surface area contributed by atoms with Crippen molar-refractivity contribution in [2.24, 2.45) is 0 Å². The molecule has 1 aromatic heterocycles. The van der Waals surface area contributed by atoms with E-state index in [1.807, 2.05) is 24.3 Å². The van der Waals surface area contributed by atoms with Gasteiger partial charge in [0.2, 0.25) is 5.91 Å². The summed E-state index contributed by atoms with van der Waals surface area (Å²) in [6.45, 7) is 5.00. The number of nitrogens with one attached hydrogen (secondary N) is 2. The second-order valence-corrected chi connectivity index (χ2v) is 8.87. The predicted octanol–water partition coefficient (Wildman–Crippen LogP) is 3.82. The molecule has 0 saturated carbocycles. The van der Waals surface area contributed by atoms with Gasteiger partial charge in [0, 0.05) is 56.9 Å². The lowest BCUT2D eigenvalue weighted by Crippen LogP contribution is -2.45. The Labute approximate surface area is 204 Å². The summed E-state index contributed by atoms with van der Waals surface area (Å²) in [5.74, 6) is 0.411. The van der Waals surface area contributed by atoms with E-state index in [9.17, 15) is 9.59 Å². The van der Waals surface area contributed by atoms with Crippen LogP contribution in [0.5, 0.6) is 0 Å². The molecule has 7 heteroatoms. The Morgan fingerprint density at radius 3 is 2.37 bits per heavy atom. The molecule has 2 N–H and O–H groups in total. The van der Waals surface area contributed by atoms with Crippen LogP contribution >= 0.6 is 0 Å². The van der Waals surface area contributed by atoms with Crippen LogP contribution in [0, 0.1) is 0 Å². The lowest BCUT2D eigenvalue weighted by atomic mass is 10.2. The Morgan fingerprint density at radius 1 is 0.886 bits per heavy atom. The zero-order chi connectivity index (χ0) is 24.0. The zero-order valence-corrected chi connectivity index (χ0v) is 19.6. The quantitative estimate of drug-likeness (QED) is 0.432. The third-order valence-corrected chi connectivity index (χ3v) is 6.39. The van der Waals surface area contributed by atoms with Gasteiger partial charge in [-0.2, -0.15) is 0 Å². The highest BCUT2D eigenvalue weighted by Gasteiger charge is 2.17. The number of rotatable bonds is 7. The number of aromatic nitrogens is 2. The van der Waals surface area contributed by atoms with Crippen LogP contribution in [0.25, 0.3) is 10.9 Å². The number of carbonyl (C=O) groups excluding carboxylic acids is 1. The molecule has 1 fully saturated rings. The van der Waals surface area contributed by atoms with E-state index in [-0.39, 0.29) is 17.9 Å². The maximum absolute atomic E-state index is 12.5. The van der Waals surface area contributed by atoms with Crippen molar-refractivity contribution < 1.29 is 4.79 Å². The van der Waals surface area contributed by atoms with Gasteiger partial charge >= 0.3 is 0 Å². The van der Waals surface area contributed by atoms with Gasteiger partial charge in [-0.15, -0.1) is 0 Å². The van der Waals surface area contributed by atoms with E-state index in [4.69, 9.17) is 0 Å². The summed E-state index contributed by atoms with van der Waals surface area (Å²) < 4.78 is 0. The predicted molar refractivity (Wildman–Crippen MR) is 140 cm³/mol. The highest BCUT2D eigenvalue weighted by molar-refractivity contribution is 5.91. The van der Waals surface area contributed by atoms with Crippen molar-refractivity contribution in [2.75, 3.05) is 36.4 Å². The Bertz CT molecular complexity index is 1340. The number of para-hydroxylation sites is 1. The minimum atomic E-state index is -0.178. The van der Waals surface area contributed by atoms with Gasteiger partial charge in [-0.25, -0.2) is 4.98 Å². The topological polar surface area (TPSA) is 81.3 Å². The Kier molecular flexibility index (Phi) is 6.86. The van der Waals surface area contributed by atoms with E-state index in [0.717, 1.165) is 38.4 Å². The number of anilines is 2. The van der Waals surface area contributed by atoms with E-state index >= 15 is 0 Å². The first-order valence-corrected chi connectivity index (χ1v) is 12.0. The molecule has 0 atom stereocenters. The zero-order valence-electron chi connectivity index (χ0n) is 19.6. The van der Waals surface area contributed by atoms with Crippen LogP contribution in [0.15, 0.2) is 83.7 Å². The first kappa shape index (κ1) is 22.8. The molecule has 3 aromatic carbocycles. The smallest absolute Gasteiger partial charge is 0.258 e. The third kappa shape index (κ3) is 5.75. The van der Waals surface area contributed by atoms with Crippen molar-refractivity contribution in [3.05, 3.63) is 101 Å². The molecular formula is C28H29N5O2. The molecule has 1 aliphatic heterocycles. The highest BCUT2D eigenvalue weighted by Crippen LogP contribution is 2.20. The average molecular weight is 468 g/mol. The van der Waals surface area contributed by atoms with Crippen molar-refractivity contribution in [1.82, 2.24) is 14.9 Å². The standard InChI is InChI=1S/C28H29N5O2/c34-27(15-14-26-30-25-9-5-4-8-24(25)28(35)31-26)29-22-10-12-23(13-11-22)33-18-16-32(17-19-33)20-21-6-2-1-3-7-21/h1-13H,14-20H2,(H,29,34)(H,30,31,35). The number of hydrogen-bond acceptors (Lipinski definition) is 5. The van der Waals surface area contributed by atoms with E-state index < -0.39 is 0 Å². The summed E-state index contributed by atoms with van der Waals surface area (Å²) in [4.78, 5) is 36.8. The van der Waals surface area contributed by atoms with Crippen LogP contribution in [-0.2, 0) is 17.8 Å². The fourth-order valence-electron chi connectivity index (χ4n) is 4.47. The van der Waals surface area contributed by atoms with Crippen molar-refractivity contribution in [2.45, 2.75) is 19.4 Å². The number of amides is 1. The van der Waals surface area contributed by atoms with Crippen LogP contribution in [0.4, 0.5) is 11.4 Å². The monoisotopic (exact) mass is 467 g/mol. The maximum atomic E-state index is 12.5. The maximum Gasteiger partial charge on any atom is 0.258 e. The minimum absolute atomic E-state index is 0.108. The van der Waals surface area contributed by atoms with Gasteiger partial charge < -0.3 is 15.2 Å². The van der Waals surface area contributed by atoms with Gasteiger partial charge in [0.25, 0.3) is 5.56 Å². The second kappa shape index (κ2) is 10.5. The third-order valence-electron chi connectivity index (χ3n) is 6.39. The van der Waals surface area contributed by atoms with Crippen LogP contribution in [-0.4, -0.2) is 47.0 Å². The largest absolute Gasteiger partial charge is 0.369 e. The van der Waals surface area contributed by atoms with Gasteiger partial charge in [0.15, 0.2) is 0 Å². The Balaban J connectivity index is 1.11. The van der Waals surface area contributed by atoms with Gasteiger partial charge in [-0.05, 0) is 42.0 Å². The molecule has 2 heterocycles. The fourth-order valence-corrected chi connectivity index (χ4v) is 4.47. The number of aryl methyl sites for hydroxylation is 1. The van der Waals surface area contributed by atoms with E-state index in [1.165, 1.54) is 11.3 Å². The molecule has 0 spiro atoms. The number of H-pyrrole nitrogens is 1. The summed E-state index contributed by atoms with van der Waals surface area (Å²) in [5.41, 5.74) is 3.75. The van der Waals surface area contributed by atoms with E-state index in [2.05, 4.69) is 67.5 Å². The van der Waals surface area contributed by atoms with Crippen LogP contribution in [0.3, 0.4) is 0 Å². The Morgan fingerprint density at radius 2 is 1.60 bits per heavy atom. The molecule has 178 valence electrons. The number of nitrogens with zero attached hydrogens (tertiary/aromatic N) is 3. The summed E-state index contributed by atoms with van der Waals surface area (Å²) in [6.07, 6.45) is 0.615. The summed E-state index contributed by atoms with van der Waals surface area (Å²) in [5, 5.41) is 3.50. The number of benzene rings is 3. The molecule has 1 amide bonds. The lowest BCUT2D eigenvalue weighted by Gasteiger charge is -2.36. The van der Waals surface area contributed by atoms with Gasteiger partial charge in [0.05, 0.1) is 10.9 Å². The lowest BCUT2D eigenvalue weighted by molar-refractivity contribution is -0.116. The summed E-state index contributed by atoms with van der Waals surface area (Å²) in [7, 11) is 0. The van der Waals surface area contributed by atoms with E-state index in [1.54, 1.807) is 12.1 Å². The SMILES string of the molecule is O=C(CCc1nc2ccccc2c(=O)[nH]1)Nc1ccc(N2CCN(Cc3ccccc3)CC2)cc1. The number of piperazine rings is 1. The molecule has 35 heavy (non-hydrogen) atoms. The van der Waals surface area contributed by atoms with Crippen molar-refractivity contribution >= 4 is 28.2 Å². The molecule has 0 radical (unpaired) electrons. The minimum Gasteiger partial charge on any atom is -0.369 e. The molecule has 7 nitrogen and oxygen atoms in total. The molecule has 0 unspecified atom stereocenters. The molecule has 5 rings (SSSR count). The molecule has 0 bridgehead atoms. The fraction of sp³-hybridized carbons (Fsp3) is 0.250. The van der Waals surface area contributed by atoms with Crippen molar-refractivity contribution in [3.8, 4) is 0 Å². The van der Waals surface area contributed by atoms with Gasteiger partial charge in [0.1, 0.15) is 5.82 Å². The average Bonchev–Trinajstić information content (AvgIpc) is 2.89. The molecular weight excluding hydrogens is 438 g/mol. The van der Waals surface area contributed by atoms with Crippen LogP contribution < -0.4 is 15.8 Å². The highest BCUT2D eigenvalue weighted by atomic mass is 16.1. The Hall–Kier alpha value is -3.97. The summed E-state index contributed by atoms with van der Waals surface area (Å²) in [6, 6.07) is 25.8. The van der Waals surface area contributed by atoms with E-state index in [0.29, 0.717) is 23.1 Å². The molecule has 1 saturated heterocycles. The molecule has 4 aromatic rings. The van der Waals surface area contributed by atoms with Crippen LogP contribution in [0.1, 0.15) is 17.8 Å². The van der Waals surface area contributed by atoms with Crippen molar-refractivity contribution in [3.63, 3.8) is 0 Å². The van der Waals surface area contributed by atoms with Gasteiger partial charge in [-0.1, -0.05) is 42.5 Å². The molecule has 1 aliphatic rings. The molecule has 0 aliphatic carbocycles. The van der Waals surface area contributed by atoms with Gasteiger partial charge in [-0.3, -0.25) is 14.5 Å². The number of fused-ring (bicyclic) bond motifs is 1. The number of aromatic amines is 1. The second-order valence-electron chi connectivity index (χ2n) is 8.87. The van der Waals surface area contributed by atoms with Crippen molar-refractivity contribution in [1.29, 1.82) is 0 Å². The summed E-state index contributed by atoms with van der Waals surface area (Å²) >= 11 is 0.